The zero-order valence-electron chi connectivity index (χ0n) is 8.12. The molecule has 0 aliphatic carbocycles. The van der Waals surface area contributed by atoms with Gasteiger partial charge in [0.05, 0.1) is 17.2 Å². The number of carbonyl (C=O) groups is 1. The summed E-state index contributed by atoms with van der Waals surface area (Å²) in [6.45, 7) is 6.93. The van der Waals surface area contributed by atoms with Gasteiger partial charge in [0.1, 0.15) is 0 Å². The average Bonchev–Trinajstić information content (AvgIpc) is 2.55. The molecule has 2 heterocycles. The third-order valence-electron chi connectivity index (χ3n) is 2.32. The standard InChI is InChI=1S/C10H12N2OS/c1-3-10(13)12-5-4-9-8(6-12)11-7(2)14-9/h3H,1,4-6H2,2H3. The zero-order chi connectivity index (χ0) is 10.1. The lowest BCUT2D eigenvalue weighted by atomic mass is 10.2. The fraction of sp³-hybridized carbons (Fsp3) is 0.400. The lowest BCUT2D eigenvalue weighted by Crippen LogP contribution is -2.34. The van der Waals surface area contributed by atoms with E-state index in [1.807, 2.05) is 6.92 Å². The summed E-state index contributed by atoms with van der Waals surface area (Å²) in [5.74, 6) is 0.00121. The smallest absolute Gasteiger partial charge is 0.246 e. The predicted octanol–water partition coefficient (Wildman–Crippen LogP) is 1.52. The van der Waals surface area contributed by atoms with Gasteiger partial charge in [-0.15, -0.1) is 11.3 Å². The van der Waals surface area contributed by atoms with Crippen molar-refractivity contribution in [2.45, 2.75) is 19.9 Å². The minimum Gasteiger partial charge on any atom is -0.333 e. The van der Waals surface area contributed by atoms with Crippen LogP contribution in [0.25, 0.3) is 0 Å². The third kappa shape index (κ3) is 1.57. The summed E-state index contributed by atoms with van der Waals surface area (Å²) in [6, 6.07) is 0. The van der Waals surface area contributed by atoms with Crippen LogP contribution in [0.15, 0.2) is 12.7 Å². The van der Waals surface area contributed by atoms with E-state index in [1.165, 1.54) is 11.0 Å². The molecule has 0 fully saturated rings. The van der Waals surface area contributed by atoms with Gasteiger partial charge in [-0.1, -0.05) is 6.58 Å². The Morgan fingerprint density at radius 2 is 2.50 bits per heavy atom. The number of amides is 1. The average molecular weight is 208 g/mol. The highest BCUT2D eigenvalue weighted by molar-refractivity contribution is 7.11. The molecule has 3 nitrogen and oxygen atoms in total. The number of hydrogen-bond donors (Lipinski definition) is 0. The van der Waals surface area contributed by atoms with Crippen LogP contribution in [0.3, 0.4) is 0 Å². The number of carbonyl (C=O) groups excluding carboxylic acids is 1. The predicted molar refractivity (Wildman–Crippen MR) is 56.2 cm³/mol. The Morgan fingerprint density at radius 3 is 3.21 bits per heavy atom. The monoisotopic (exact) mass is 208 g/mol. The van der Waals surface area contributed by atoms with E-state index in [9.17, 15) is 4.79 Å². The summed E-state index contributed by atoms with van der Waals surface area (Å²) < 4.78 is 0. The maximum Gasteiger partial charge on any atom is 0.246 e. The molecule has 1 aliphatic heterocycles. The maximum atomic E-state index is 11.4. The number of fused-ring (bicyclic) bond motifs is 1. The van der Waals surface area contributed by atoms with Gasteiger partial charge >= 0.3 is 0 Å². The van der Waals surface area contributed by atoms with E-state index in [2.05, 4.69) is 11.6 Å². The van der Waals surface area contributed by atoms with Crippen molar-refractivity contribution >= 4 is 17.2 Å². The van der Waals surface area contributed by atoms with Crippen LogP contribution in [0.2, 0.25) is 0 Å². The second kappa shape index (κ2) is 3.53. The molecule has 0 saturated carbocycles. The molecule has 0 aromatic carbocycles. The molecular weight excluding hydrogens is 196 g/mol. The lowest BCUT2D eigenvalue weighted by Gasteiger charge is -2.24. The van der Waals surface area contributed by atoms with Crippen molar-refractivity contribution in [3.8, 4) is 0 Å². The highest BCUT2D eigenvalue weighted by Gasteiger charge is 2.21. The molecule has 0 unspecified atom stereocenters. The van der Waals surface area contributed by atoms with E-state index >= 15 is 0 Å². The van der Waals surface area contributed by atoms with Crippen LogP contribution >= 0.6 is 11.3 Å². The molecule has 0 radical (unpaired) electrons. The van der Waals surface area contributed by atoms with Gasteiger partial charge in [0.25, 0.3) is 0 Å². The van der Waals surface area contributed by atoms with Crippen LogP contribution < -0.4 is 0 Å². The molecule has 0 N–H and O–H groups in total. The normalized spacial score (nSPS) is 15.1. The van der Waals surface area contributed by atoms with Gasteiger partial charge < -0.3 is 4.90 Å². The quantitative estimate of drug-likeness (QED) is 0.656. The van der Waals surface area contributed by atoms with Gasteiger partial charge in [-0.25, -0.2) is 4.98 Å². The number of hydrogen-bond acceptors (Lipinski definition) is 3. The number of aryl methyl sites for hydroxylation is 1. The molecule has 14 heavy (non-hydrogen) atoms. The first-order valence-electron chi connectivity index (χ1n) is 4.57. The first-order valence-corrected chi connectivity index (χ1v) is 5.39. The topological polar surface area (TPSA) is 33.2 Å². The van der Waals surface area contributed by atoms with Crippen molar-refractivity contribution < 1.29 is 4.79 Å². The summed E-state index contributed by atoms with van der Waals surface area (Å²) in [5.41, 5.74) is 1.06. The summed E-state index contributed by atoms with van der Waals surface area (Å²) in [7, 11) is 0. The van der Waals surface area contributed by atoms with Gasteiger partial charge in [-0.2, -0.15) is 0 Å². The first kappa shape index (κ1) is 9.40. The minimum atomic E-state index is 0.00121. The Kier molecular flexibility index (Phi) is 2.37. The molecule has 1 aromatic heterocycles. The summed E-state index contributed by atoms with van der Waals surface area (Å²) in [6.07, 6.45) is 2.30. The van der Waals surface area contributed by atoms with Crippen molar-refractivity contribution in [1.29, 1.82) is 0 Å². The first-order chi connectivity index (χ1) is 6.70. The summed E-state index contributed by atoms with van der Waals surface area (Å²) >= 11 is 1.74. The summed E-state index contributed by atoms with van der Waals surface area (Å²) in [5, 5.41) is 1.09. The van der Waals surface area contributed by atoms with Gasteiger partial charge in [-0.05, 0) is 13.0 Å². The van der Waals surface area contributed by atoms with E-state index in [4.69, 9.17) is 0 Å². The van der Waals surface area contributed by atoms with E-state index in [1.54, 1.807) is 16.2 Å². The van der Waals surface area contributed by atoms with Crippen LogP contribution in [-0.4, -0.2) is 22.3 Å². The van der Waals surface area contributed by atoms with Crippen LogP contribution in [0, 0.1) is 6.92 Å². The van der Waals surface area contributed by atoms with Crippen LogP contribution in [0.1, 0.15) is 15.6 Å². The minimum absolute atomic E-state index is 0.00121. The van der Waals surface area contributed by atoms with E-state index in [-0.39, 0.29) is 5.91 Å². The molecule has 1 aliphatic rings. The van der Waals surface area contributed by atoms with Crippen LogP contribution in [0.4, 0.5) is 0 Å². The maximum absolute atomic E-state index is 11.4. The molecule has 0 atom stereocenters. The largest absolute Gasteiger partial charge is 0.333 e. The van der Waals surface area contributed by atoms with Crippen molar-refractivity contribution in [3.63, 3.8) is 0 Å². The fourth-order valence-corrected chi connectivity index (χ4v) is 2.58. The van der Waals surface area contributed by atoms with Gasteiger partial charge in [-0.3, -0.25) is 4.79 Å². The SMILES string of the molecule is C=CC(=O)N1CCc2sc(C)nc2C1. The Labute approximate surface area is 87.1 Å². The highest BCUT2D eigenvalue weighted by Crippen LogP contribution is 2.24. The van der Waals surface area contributed by atoms with E-state index < -0.39 is 0 Å². The van der Waals surface area contributed by atoms with Crippen molar-refractivity contribution in [3.05, 3.63) is 28.2 Å². The molecule has 0 spiro atoms. The molecule has 4 heteroatoms. The molecule has 2 rings (SSSR count). The lowest BCUT2D eigenvalue weighted by molar-refractivity contribution is -0.126. The van der Waals surface area contributed by atoms with Crippen molar-refractivity contribution in [1.82, 2.24) is 9.88 Å². The van der Waals surface area contributed by atoms with E-state index in [0.717, 1.165) is 23.7 Å². The Morgan fingerprint density at radius 1 is 1.71 bits per heavy atom. The van der Waals surface area contributed by atoms with Crippen molar-refractivity contribution in [2.24, 2.45) is 0 Å². The molecule has 74 valence electrons. The number of thiazole rings is 1. The fourth-order valence-electron chi connectivity index (χ4n) is 1.64. The summed E-state index contributed by atoms with van der Waals surface area (Å²) in [4.78, 5) is 18.9. The zero-order valence-corrected chi connectivity index (χ0v) is 8.93. The second-order valence-corrected chi connectivity index (χ2v) is 4.60. The van der Waals surface area contributed by atoms with Gasteiger partial charge in [0, 0.05) is 17.8 Å². The molecule has 0 bridgehead atoms. The third-order valence-corrected chi connectivity index (χ3v) is 3.39. The molecule has 1 amide bonds. The Hall–Kier alpha value is -1.16. The van der Waals surface area contributed by atoms with Crippen LogP contribution in [-0.2, 0) is 17.8 Å². The van der Waals surface area contributed by atoms with Gasteiger partial charge in [0.15, 0.2) is 0 Å². The Bertz CT molecular complexity index is 383. The Balaban J connectivity index is 2.20. The number of aromatic nitrogens is 1. The highest BCUT2D eigenvalue weighted by atomic mass is 32.1. The molecule has 0 saturated heterocycles. The van der Waals surface area contributed by atoms with E-state index in [0.29, 0.717) is 6.54 Å². The van der Waals surface area contributed by atoms with Crippen molar-refractivity contribution in [2.75, 3.05) is 6.54 Å². The number of rotatable bonds is 1. The molecule has 1 aromatic rings. The second-order valence-electron chi connectivity index (χ2n) is 3.32. The molecular formula is C10H12N2OS. The van der Waals surface area contributed by atoms with Crippen LogP contribution in [0.5, 0.6) is 0 Å². The van der Waals surface area contributed by atoms with Gasteiger partial charge in [0.2, 0.25) is 5.91 Å². The number of nitrogens with zero attached hydrogens (tertiary/aromatic N) is 2.